The Hall–Kier alpha value is -0.610. The molecule has 0 radical (unpaired) electrons. The molecule has 2 rings (SSSR count). The fraction of sp³-hybridized carbons (Fsp3) is 0.955. The smallest absolute Gasteiger partial charge is 0.338 e. The van der Waals surface area contributed by atoms with Gasteiger partial charge in [0.15, 0.2) is 5.60 Å². The highest BCUT2D eigenvalue weighted by molar-refractivity contribution is 5.80. The van der Waals surface area contributed by atoms with Crippen molar-refractivity contribution >= 4 is 5.97 Å². The Balaban J connectivity index is 2.15. The minimum Gasteiger partial charge on any atom is -0.462 e. The van der Waals surface area contributed by atoms with Gasteiger partial charge in [-0.1, -0.05) is 66.2 Å². The van der Waals surface area contributed by atoms with E-state index in [1.54, 1.807) is 0 Å². The molecule has 4 atom stereocenters. The van der Waals surface area contributed by atoms with Crippen molar-refractivity contribution in [2.45, 2.75) is 84.7 Å². The van der Waals surface area contributed by atoms with Crippen molar-refractivity contribution in [3.8, 4) is 0 Å². The summed E-state index contributed by atoms with van der Waals surface area (Å²) in [5.41, 5.74) is -1.30. The van der Waals surface area contributed by atoms with Crippen LogP contribution < -0.4 is 0 Å². The van der Waals surface area contributed by atoms with Crippen molar-refractivity contribution in [3.05, 3.63) is 0 Å². The van der Waals surface area contributed by atoms with E-state index in [0.717, 1.165) is 58.2 Å². The summed E-state index contributed by atoms with van der Waals surface area (Å²) < 4.78 is 5.71. The summed E-state index contributed by atoms with van der Waals surface area (Å²) in [5, 5.41) is 11.9. The van der Waals surface area contributed by atoms with Gasteiger partial charge in [-0.3, -0.25) is 0 Å². The van der Waals surface area contributed by atoms with E-state index < -0.39 is 5.60 Å². The first-order valence-corrected chi connectivity index (χ1v) is 11.1. The summed E-state index contributed by atoms with van der Waals surface area (Å²) in [6.45, 7) is 11.7. The predicted molar refractivity (Wildman–Crippen MR) is 106 cm³/mol. The molecule has 1 unspecified atom stereocenters. The van der Waals surface area contributed by atoms with Gasteiger partial charge in [0.2, 0.25) is 0 Å². The molecular formula is C22H41NO3. The zero-order valence-electron chi connectivity index (χ0n) is 17.5. The molecule has 0 spiro atoms. The Morgan fingerprint density at radius 3 is 2.12 bits per heavy atom. The number of carbonyl (C=O) groups is 1. The SMILES string of the molecule is CCN(CC)CCOC(=O)[C@@](O)(C1CCCCC1)C1[C@H](C)CCC[C@@H]1C. The summed E-state index contributed by atoms with van der Waals surface area (Å²) >= 11 is 0. The lowest BCUT2D eigenvalue weighted by molar-refractivity contribution is -0.193. The molecule has 2 saturated carbocycles. The number of rotatable bonds is 8. The van der Waals surface area contributed by atoms with Crippen LogP contribution in [0.1, 0.15) is 79.1 Å². The number of aliphatic hydroxyl groups is 1. The summed E-state index contributed by atoms with van der Waals surface area (Å²) in [5.74, 6) is 0.495. The standard InChI is InChI=1S/C22H41NO3/c1-5-23(6-2)15-16-26-21(24)22(25,19-13-8-7-9-14-19)20-17(3)11-10-12-18(20)4/h17-20,25H,5-16H2,1-4H3/t17-,18+,20?,22-/m1/s1. The van der Waals surface area contributed by atoms with Crippen molar-refractivity contribution in [3.63, 3.8) is 0 Å². The van der Waals surface area contributed by atoms with Gasteiger partial charge in [0.05, 0.1) is 0 Å². The second kappa shape index (κ2) is 10.1. The Morgan fingerprint density at radius 2 is 1.58 bits per heavy atom. The number of hydrogen-bond acceptors (Lipinski definition) is 4. The third-order valence-corrected chi connectivity index (χ3v) is 7.14. The number of carbonyl (C=O) groups excluding carboxylic acids is 1. The van der Waals surface area contributed by atoms with Gasteiger partial charge in [-0.25, -0.2) is 4.79 Å². The van der Waals surface area contributed by atoms with Gasteiger partial charge in [-0.2, -0.15) is 0 Å². The van der Waals surface area contributed by atoms with Crippen molar-refractivity contribution in [2.75, 3.05) is 26.2 Å². The molecule has 0 aliphatic heterocycles. The molecule has 4 nitrogen and oxygen atoms in total. The van der Waals surface area contributed by atoms with Crippen LogP contribution in [-0.2, 0) is 9.53 Å². The molecule has 2 aliphatic rings. The maximum atomic E-state index is 13.2. The molecule has 0 aromatic carbocycles. The lowest BCUT2D eigenvalue weighted by atomic mass is 9.59. The van der Waals surface area contributed by atoms with Crippen molar-refractivity contribution in [2.24, 2.45) is 23.7 Å². The first-order chi connectivity index (χ1) is 12.4. The second-order valence-corrected chi connectivity index (χ2v) is 8.73. The third-order valence-electron chi connectivity index (χ3n) is 7.14. The lowest BCUT2D eigenvalue weighted by Crippen LogP contribution is -2.58. The minimum absolute atomic E-state index is 0.0281. The molecule has 0 aromatic rings. The van der Waals surface area contributed by atoms with Gasteiger partial charge in [-0.05, 0) is 43.7 Å². The molecule has 26 heavy (non-hydrogen) atoms. The summed E-state index contributed by atoms with van der Waals surface area (Å²) in [6, 6.07) is 0. The van der Waals surface area contributed by atoms with Gasteiger partial charge in [0.25, 0.3) is 0 Å². The number of esters is 1. The van der Waals surface area contributed by atoms with E-state index in [2.05, 4.69) is 32.6 Å². The molecule has 0 bridgehead atoms. The molecule has 152 valence electrons. The van der Waals surface area contributed by atoms with Crippen LogP contribution in [0.15, 0.2) is 0 Å². The Kier molecular flexibility index (Phi) is 8.41. The summed E-state index contributed by atoms with van der Waals surface area (Å²) in [6.07, 6.45) is 8.79. The maximum Gasteiger partial charge on any atom is 0.338 e. The number of hydrogen-bond donors (Lipinski definition) is 1. The monoisotopic (exact) mass is 367 g/mol. The minimum atomic E-state index is -1.30. The number of ether oxygens (including phenoxy) is 1. The van der Waals surface area contributed by atoms with Crippen LogP contribution in [0.2, 0.25) is 0 Å². The van der Waals surface area contributed by atoms with Crippen LogP contribution in [0.5, 0.6) is 0 Å². The molecule has 2 aliphatic carbocycles. The largest absolute Gasteiger partial charge is 0.462 e. The highest BCUT2D eigenvalue weighted by atomic mass is 16.5. The van der Waals surface area contributed by atoms with Gasteiger partial charge in [0.1, 0.15) is 6.61 Å². The van der Waals surface area contributed by atoms with E-state index >= 15 is 0 Å². The lowest BCUT2D eigenvalue weighted by Gasteiger charge is -2.48. The molecule has 2 fully saturated rings. The molecule has 0 aromatic heterocycles. The zero-order chi connectivity index (χ0) is 19.2. The maximum absolute atomic E-state index is 13.2. The van der Waals surface area contributed by atoms with Crippen LogP contribution in [0.3, 0.4) is 0 Å². The van der Waals surface area contributed by atoms with Crippen molar-refractivity contribution in [1.82, 2.24) is 4.90 Å². The molecule has 0 amide bonds. The third kappa shape index (κ3) is 4.81. The van der Waals surface area contributed by atoms with Crippen LogP contribution in [-0.4, -0.2) is 47.8 Å². The molecule has 1 N–H and O–H groups in total. The Bertz CT molecular complexity index is 421. The van der Waals surface area contributed by atoms with Crippen molar-refractivity contribution < 1.29 is 14.6 Å². The number of likely N-dealkylation sites (N-methyl/N-ethyl adjacent to an activating group) is 1. The number of nitrogens with zero attached hydrogens (tertiary/aromatic N) is 1. The topological polar surface area (TPSA) is 49.8 Å². The molecule has 4 heteroatoms. The highest BCUT2D eigenvalue weighted by Crippen LogP contribution is 2.48. The van der Waals surface area contributed by atoms with Gasteiger partial charge in [-0.15, -0.1) is 0 Å². The molecule has 0 saturated heterocycles. The van der Waals surface area contributed by atoms with Gasteiger partial charge >= 0.3 is 5.97 Å². The Morgan fingerprint density at radius 1 is 1.00 bits per heavy atom. The second-order valence-electron chi connectivity index (χ2n) is 8.73. The van der Waals surface area contributed by atoms with Crippen LogP contribution in [0.25, 0.3) is 0 Å². The van der Waals surface area contributed by atoms with Gasteiger partial charge < -0.3 is 14.7 Å². The van der Waals surface area contributed by atoms with Crippen LogP contribution >= 0.6 is 0 Å². The molecule has 0 heterocycles. The van der Waals surface area contributed by atoms with E-state index in [-0.39, 0.29) is 17.8 Å². The predicted octanol–water partition coefficient (Wildman–Crippen LogP) is 4.26. The van der Waals surface area contributed by atoms with Crippen LogP contribution in [0, 0.1) is 23.7 Å². The fourth-order valence-electron chi connectivity index (χ4n) is 5.59. The van der Waals surface area contributed by atoms with E-state index in [4.69, 9.17) is 4.74 Å². The summed E-state index contributed by atoms with van der Waals surface area (Å²) in [7, 11) is 0. The van der Waals surface area contributed by atoms with Crippen molar-refractivity contribution in [1.29, 1.82) is 0 Å². The first kappa shape index (κ1) is 21.7. The first-order valence-electron chi connectivity index (χ1n) is 11.1. The average Bonchev–Trinajstić information content (AvgIpc) is 2.65. The fourth-order valence-corrected chi connectivity index (χ4v) is 5.59. The normalized spacial score (nSPS) is 30.2. The van der Waals surface area contributed by atoms with Crippen LogP contribution in [0.4, 0.5) is 0 Å². The van der Waals surface area contributed by atoms with E-state index in [1.165, 1.54) is 12.8 Å². The highest BCUT2D eigenvalue weighted by Gasteiger charge is 2.55. The zero-order valence-corrected chi connectivity index (χ0v) is 17.5. The van der Waals surface area contributed by atoms with E-state index in [0.29, 0.717) is 18.4 Å². The average molecular weight is 368 g/mol. The summed E-state index contributed by atoms with van der Waals surface area (Å²) in [4.78, 5) is 15.5. The van der Waals surface area contributed by atoms with E-state index in [9.17, 15) is 9.90 Å². The van der Waals surface area contributed by atoms with E-state index in [1.807, 2.05) is 0 Å². The quantitative estimate of drug-likeness (QED) is 0.652. The Labute approximate surface area is 160 Å². The molecular weight excluding hydrogens is 326 g/mol. The van der Waals surface area contributed by atoms with Gasteiger partial charge in [0, 0.05) is 12.5 Å².